The zero-order valence-electron chi connectivity index (χ0n) is 18.0. The van der Waals surface area contributed by atoms with Crippen LogP contribution in [0.3, 0.4) is 0 Å². The summed E-state index contributed by atoms with van der Waals surface area (Å²) in [7, 11) is 3.91. The molecule has 5 heteroatoms. The lowest BCUT2D eigenvalue weighted by atomic mass is 10.0. The SMILES string of the molecule is Cc1ccc(C2=C(Sc3ccccc3)C(=O)N(c3ccc(N(C)C)cc3)C2=O)cc1C. The van der Waals surface area contributed by atoms with Gasteiger partial charge in [0.1, 0.15) is 0 Å². The summed E-state index contributed by atoms with van der Waals surface area (Å²) in [5.41, 5.74) is 5.04. The van der Waals surface area contributed by atoms with Gasteiger partial charge in [-0.05, 0) is 66.9 Å². The number of rotatable bonds is 5. The molecule has 1 aliphatic heterocycles. The Morgan fingerprint density at radius 3 is 2.06 bits per heavy atom. The van der Waals surface area contributed by atoms with Gasteiger partial charge in [-0.3, -0.25) is 9.59 Å². The van der Waals surface area contributed by atoms with Crippen molar-refractivity contribution in [3.63, 3.8) is 0 Å². The lowest BCUT2D eigenvalue weighted by Gasteiger charge is -2.18. The Balaban J connectivity index is 1.80. The number of imide groups is 1. The number of thioether (sulfide) groups is 1. The summed E-state index contributed by atoms with van der Waals surface area (Å²) in [4.78, 5) is 31.7. The van der Waals surface area contributed by atoms with Crippen LogP contribution in [0.4, 0.5) is 11.4 Å². The Hall–Kier alpha value is -3.31. The Morgan fingerprint density at radius 2 is 1.45 bits per heavy atom. The molecule has 4 rings (SSSR count). The van der Waals surface area contributed by atoms with Gasteiger partial charge >= 0.3 is 0 Å². The first kappa shape index (κ1) is 20.9. The average molecular weight is 429 g/mol. The second-order valence-electron chi connectivity index (χ2n) is 7.77. The van der Waals surface area contributed by atoms with Gasteiger partial charge in [0.25, 0.3) is 11.8 Å². The molecule has 1 aliphatic rings. The summed E-state index contributed by atoms with van der Waals surface area (Å²) >= 11 is 1.34. The minimum atomic E-state index is -0.288. The summed E-state index contributed by atoms with van der Waals surface area (Å²) in [5.74, 6) is -0.575. The topological polar surface area (TPSA) is 40.6 Å². The molecule has 0 radical (unpaired) electrons. The lowest BCUT2D eigenvalue weighted by Crippen LogP contribution is -2.31. The van der Waals surface area contributed by atoms with Gasteiger partial charge in [0.2, 0.25) is 0 Å². The molecule has 4 nitrogen and oxygen atoms in total. The number of anilines is 2. The molecule has 0 aliphatic carbocycles. The fraction of sp³-hybridized carbons (Fsp3) is 0.154. The van der Waals surface area contributed by atoms with Gasteiger partial charge in [-0.15, -0.1) is 0 Å². The van der Waals surface area contributed by atoms with Crippen molar-refractivity contribution in [3.05, 3.63) is 94.4 Å². The van der Waals surface area contributed by atoms with Gasteiger partial charge in [-0.2, -0.15) is 0 Å². The van der Waals surface area contributed by atoms with E-state index < -0.39 is 0 Å². The molecule has 0 aromatic heterocycles. The zero-order valence-corrected chi connectivity index (χ0v) is 18.9. The van der Waals surface area contributed by atoms with Crippen LogP contribution in [0.2, 0.25) is 0 Å². The molecule has 0 N–H and O–H groups in total. The van der Waals surface area contributed by atoms with Crippen LogP contribution in [0.15, 0.2) is 82.6 Å². The first-order chi connectivity index (χ1) is 14.9. The standard InChI is InChI=1S/C26H24N2O2S/c1-17-10-11-19(16-18(17)2)23-24(31-22-8-6-5-7-9-22)26(30)28(25(23)29)21-14-12-20(13-15-21)27(3)4/h5-16H,1-4H3. The summed E-state index contributed by atoms with van der Waals surface area (Å²) in [6, 6.07) is 23.0. The number of carbonyl (C=O) groups excluding carboxylic acids is 2. The molecular weight excluding hydrogens is 404 g/mol. The van der Waals surface area contributed by atoms with Crippen molar-refractivity contribution in [3.8, 4) is 0 Å². The van der Waals surface area contributed by atoms with Gasteiger partial charge < -0.3 is 4.90 Å². The maximum absolute atomic E-state index is 13.6. The van der Waals surface area contributed by atoms with E-state index in [-0.39, 0.29) is 11.8 Å². The number of hydrogen-bond donors (Lipinski definition) is 0. The number of nitrogens with zero attached hydrogens (tertiary/aromatic N) is 2. The maximum atomic E-state index is 13.6. The summed E-state index contributed by atoms with van der Waals surface area (Å²) in [5, 5.41) is 0. The number of hydrogen-bond acceptors (Lipinski definition) is 4. The third-order valence-electron chi connectivity index (χ3n) is 5.42. The van der Waals surface area contributed by atoms with Gasteiger partial charge in [-0.1, -0.05) is 48.2 Å². The van der Waals surface area contributed by atoms with E-state index in [9.17, 15) is 9.59 Å². The van der Waals surface area contributed by atoms with Crippen molar-refractivity contribution in [2.24, 2.45) is 0 Å². The van der Waals surface area contributed by atoms with E-state index in [1.165, 1.54) is 16.7 Å². The molecule has 31 heavy (non-hydrogen) atoms. The Kier molecular flexibility index (Phi) is 5.70. The lowest BCUT2D eigenvalue weighted by molar-refractivity contribution is -0.119. The summed E-state index contributed by atoms with van der Waals surface area (Å²) in [6.07, 6.45) is 0. The van der Waals surface area contributed by atoms with E-state index in [1.54, 1.807) is 0 Å². The van der Waals surface area contributed by atoms with Crippen LogP contribution in [-0.4, -0.2) is 25.9 Å². The fourth-order valence-corrected chi connectivity index (χ4v) is 4.51. The van der Waals surface area contributed by atoms with Gasteiger partial charge in [0.05, 0.1) is 16.2 Å². The normalized spacial score (nSPS) is 13.9. The maximum Gasteiger partial charge on any atom is 0.272 e. The summed E-state index contributed by atoms with van der Waals surface area (Å²) in [6.45, 7) is 4.05. The van der Waals surface area contributed by atoms with Crippen LogP contribution in [0, 0.1) is 13.8 Å². The van der Waals surface area contributed by atoms with Gasteiger partial charge in [0.15, 0.2) is 0 Å². The highest BCUT2D eigenvalue weighted by molar-refractivity contribution is 8.04. The smallest absolute Gasteiger partial charge is 0.272 e. The van der Waals surface area contributed by atoms with E-state index in [2.05, 4.69) is 0 Å². The minimum Gasteiger partial charge on any atom is -0.378 e. The highest BCUT2D eigenvalue weighted by Gasteiger charge is 2.40. The molecule has 0 atom stereocenters. The molecule has 0 saturated heterocycles. The Labute approximate surface area is 187 Å². The molecule has 0 fully saturated rings. The van der Waals surface area contributed by atoms with E-state index in [0.29, 0.717) is 16.2 Å². The molecule has 0 unspecified atom stereocenters. The van der Waals surface area contributed by atoms with Crippen LogP contribution >= 0.6 is 11.8 Å². The van der Waals surface area contributed by atoms with Crippen molar-refractivity contribution < 1.29 is 9.59 Å². The van der Waals surface area contributed by atoms with E-state index in [4.69, 9.17) is 0 Å². The van der Waals surface area contributed by atoms with Gasteiger partial charge in [-0.25, -0.2) is 4.90 Å². The molecule has 156 valence electrons. The second kappa shape index (κ2) is 8.44. The third kappa shape index (κ3) is 4.01. The molecule has 1 heterocycles. The number of carbonyl (C=O) groups is 2. The van der Waals surface area contributed by atoms with Crippen LogP contribution < -0.4 is 9.80 Å². The first-order valence-corrected chi connectivity index (χ1v) is 10.9. The minimum absolute atomic E-state index is 0.287. The predicted molar refractivity (Wildman–Crippen MR) is 128 cm³/mol. The van der Waals surface area contributed by atoms with Crippen LogP contribution in [-0.2, 0) is 9.59 Å². The van der Waals surface area contributed by atoms with Crippen molar-refractivity contribution in [1.29, 1.82) is 0 Å². The highest BCUT2D eigenvalue weighted by Crippen LogP contribution is 2.41. The largest absolute Gasteiger partial charge is 0.378 e. The molecule has 0 saturated carbocycles. The van der Waals surface area contributed by atoms with Crippen molar-refractivity contribution >= 4 is 40.5 Å². The average Bonchev–Trinajstić information content (AvgIpc) is 3.00. The Morgan fingerprint density at radius 1 is 0.774 bits per heavy atom. The molecule has 3 aromatic carbocycles. The molecule has 0 bridgehead atoms. The van der Waals surface area contributed by atoms with E-state index >= 15 is 0 Å². The quantitative estimate of drug-likeness (QED) is 0.507. The van der Waals surface area contributed by atoms with E-state index in [1.807, 2.05) is 106 Å². The van der Waals surface area contributed by atoms with E-state index in [0.717, 1.165) is 27.3 Å². The molecule has 2 amide bonds. The van der Waals surface area contributed by atoms with Gasteiger partial charge in [0, 0.05) is 24.7 Å². The van der Waals surface area contributed by atoms with Crippen LogP contribution in [0.1, 0.15) is 16.7 Å². The zero-order chi connectivity index (χ0) is 22.1. The fourth-order valence-electron chi connectivity index (χ4n) is 3.50. The van der Waals surface area contributed by atoms with Crippen molar-refractivity contribution in [2.45, 2.75) is 18.7 Å². The Bertz CT molecular complexity index is 1180. The monoisotopic (exact) mass is 428 g/mol. The number of aryl methyl sites for hydroxylation is 2. The highest BCUT2D eigenvalue weighted by atomic mass is 32.2. The molecule has 0 spiro atoms. The second-order valence-corrected chi connectivity index (χ2v) is 8.86. The predicted octanol–water partition coefficient (Wildman–Crippen LogP) is 5.45. The van der Waals surface area contributed by atoms with Crippen LogP contribution in [0.25, 0.3) is 5.57 Å². The molecule has 3 aromatic rings. The summed E-state index contributed by atoms with van der Waals surface area (Å²) < 4.78 is 0. The van der Waals surface area contributed by atoms with Crippen molar-refractivity contribution in [2.75, 3.05) is 23.9 Å². The van der Waals surface area contributed by atoms with Crippen molar-refractivity contribution in [1.82, 2.24) is 0 Å². The number of amides is 2. The number of benzene rings is 3. The third-order valence-corrected chi connectivity index (χ3v) is 6.52. The first-order valence-electron chi connectivity index (χ1n) is 10.1. The molecular formula is C26H24N2O2S. The van der Waals surface area contributed by atoms with Crippen LogP contribution in [0.5, 0.6) is 0 Å².